The van der Waals surface area contributed by atoms with Gasteiger partial charge in [0.1, 0.15) is 6.04 Å². The Bertz CT molecular complexity index is 1680. The summed E-state index contributed by atoms with van der Waals surface area (Å²) in [6, 6.07) is 16.1. The van der Waals surface area contributed by atoms with Crippen LogP contribution >= 0.6 is 11.6 Å². The van der Waals surface area contributed by atoms with Crippen molar-refractivity contribution in [1.29, 1.82) is 0 Å². The Labute approximate surface area is 239 Å². The van der Waals surface area contributed by atoms with Crippen LogP contribution in [0.1, 0.15) is 34.3 Å². The van der Waals surface area contributed by atoms with E-state index < -0.39 is 29.5 Å². The molecule has 12 heteroatoms. The summed E-state index contributed by atoms with van der Waals surface area (Å²) in [4.78, 5) is 41.4. The van der Waals surface area contributed by atoms with Crippen molar-refractivity contribution in [2.24, 2.45) is 0 Å². The highest BCUT2D eigenvalue weighted by atomic mass is 35.5. The minimum Gasteiger partial charge on any atom is -0.436 e. The van der Waals surface area contributed by atoms with E-state index in [1.807, 2.05) is 30.3 Å². The molecule has 3 heterocycles. The summed E-state index contributed by atoms with van der Waals surface area (Å²) in [7, 11) is 0. The number of carbonyl (C=O) groups is 3. The summed E-state index contributed by atoms with van der Waals surface area (Å²) < 4.78 is 21.0. The van der Waals surface area contributed by atoms with E-state index in [4.69, 9.17) is 22.1 Å². The Morgan fingerprint density at radius 2 is 2.00 bits per heavy atom. The van der Waals surface area contributed by atoms with E-state index in [9.17, 15) is 14.4 Å². The molecule has 210 valence electrons. The monoisotopic (exact) mass is 576 g/mol. The SMILES string of the molecule is Nc1n[nH]c2cc(C(=O)N[C@@H](Cc3ccccc3)C(=O)N3CCCC4(C3)OC(=O)Nc3ccc(Cl)c(F)c34)ccc12. The second-order valence-electron chi connectivity index (χ2n) is 10.2. The van der Waals surface area contributed by atoms with Crippen LogP contribution in [0.3, 0.4) is 0 Å². The molecule has 0 saturated carbocycles. The van der Waals surface area contributed by atoms with Crippen molar-refractivity contribution in [3.8, 4) is 0 Å². The molecule has 2 aliphatic rings. The molecule has 3 amide bonds. The Morgan fingerprint density at radius 1 is 1.20 bits per heavy atom. The Balaban J connectivity index is 1.30. The number of nitrogens with one attached hydrogen (secondary N) is 3. The number of piperidine rings is 1. The molecular formula is C29H26ClFN6O4. The second kappa shape index (κ2) is 10.4. The second-order valence-corrected chi connectivity index (χ2v) is 10.6. The van der Waals surface area contributed by atoms with Gasteiger partial charge in [-0.3, -0.25) is 20.0 Å². The number of ether oxygens (including phenoxy) is 1. The summed E-state index contributed by atoms with van der Waals surface area (Å²) in [5, 5.41) is 12.7. The number of aromatic amines is 1. The predicted octanol–water partition coefficient (Wildman–Crippen LogP) is 4.36. The van der Waals surface area contributed by atoms with Crippen LogP contribution in [0.25, 0.3) is 10.9 Å². The number of benzene rings is 3. The van der Waals surface area contributed by atoms with Gasteiger partial charge < -0.3 is 20.7 Å². The number of carbonyl (C=O) groups excluding carboxylic acids is 3. The van der Waals surface area contributed by atoms with Gasteiger partial charge in [0.2, 0.25) is 5.91 Å². The van der Waals surface area contributed by atoms with E-state index in [0.29, 0.717) is 41.7 Å². The number of amides is 3. The van der Waals surface area contributed by atoms with Gasteiger partial charge in [-0.1, -0.05) is 41.9 Å². The number of H-pyrrole nitrogens is 1. The first-order valence-corrected chi connectivity index (χ1v) is 13.5. The van der Waals surface area contributed by atoms with Crippen LogP contribution in [0.15, 0.2) is 60.7 Å². The Kier molecular flexibility index (Phi) is 6.74. The lowest BCUT2D eigenvalue weighted by molar-refractivity contribution is -0.141. The quantitative estimate of drug-likeness (QED) is 0.278. The zero-order valence-corrected chi connectivity index (χ0v) is 22.5. The minimum absolute atomic E-state index is 0.0932. The third-order valence-corrected chi connectivity index (χ3v) is 7.87. The van der Waals surface area contributed by atoms with Crippen LogP contribution in [0.4, 0.5) is 20.7 Å². The number of halogens is 2. The van der Waals surface area contributed by atoms with Crippen molar-refractivity contribution < 1.29 is 23.5 Å². The normalized spacial score (nSPS) is 18.9. The number of nitrogen functional groups attached to an aromatic ring is 1. The number of anilines is 2. The van der Waals surface area contributed by atoms with E-state index in [0.717, 1.165) is 5.56 Å². The Morgan fingerprint density at radius 3 is 2.80 bits per heavy atom. The molecule has 5 N–H and O–H groups in total. The number of aromatic nitrogens is 2. The van der Waals surface area contributed by atoms with Gasteiger partial charge in [-0.15, -0.1) is 0 Å². The maximum absolute atomic E-state index is 15.3. The molecule has 1 fully saturated rings. The standard InChI is InChI=1S/C29H26ClFN6O4/c30-19-9-10-20-23(24(19)31)29(41-28(40)34-20)11-4-12-37(15-29)27(39)22(13-16-5-2-1-3-6-16)33-26(38)17-7-8-18-21(14-17)35-36-25(18)32/h1-3,5-10,14,22H,4,11-13,15H2,(H,33,38)(H,34,40)(H3,32,35,36)/t22-,29?/m0/s1. The number of rotatable bonds is 5. The van der Waals surface area contributed by atoms with Gasteiger partial charge in [-0.2, -0.15) is 5.10 Å². The van der Waals surface area contributed by atoms with Crippen molar-refractivity contribution >= 4 is 51.9 Å². The molecule has 41 heavy (non-hydrogen) atoms. The molecule has 1 spiro atoms. The maximum atomic E-state index is 15.3. The lowest BCUT2D eigenvalue weighted by atomic mass is 9.82. The van der Waals surface area contributed by atoms with Crippen molar-refractivity contribution in [2.75, 3.05) is 24.1 Å². The molecule has 0 radical (unpaired) electrons. The third kappa shape index (κ3) is 4.93. The fourth-order valence-corrected chi connectivity index (χ4v) is 5.81. The van der Waals surface area contributed by atoms with E-state index in [1.54, 1.807) is 18.2 Å². The molecule has 2 atom stereocenters. The van der Waals surface area contributed by atoms with Gasteiger partial charge in [0, 0.05) is 23.9 Å². The number of likely N-dealkylation sites (tertiary alicyclic amines) is 1. The maximum Gasteiger partial charge on any atom is 0.412 e. The van der Waals surface area contributed by atoms with E-state index in [-0.39, 0.29) is 35.1 Å². The largest absolute Gasteiger partial charge is 0.436 e. The Hall–Kier alpha value is -4.64. The fraction of sp³-hybridized carbons (Fsp3) is 0.241. The van der Waals surface area contributed by atoms with Crippen LogP contribution in [0.2, 0.25) is 5.02 Å². The molecular weight excluding hydrogens is 551 g/mol. The molecule has 0 aliphatic carbocycles. The van der Waals surface area contributed by atoms with Gasteiger partial charge >= 0.3 is 6.09 Å². The first-order chi connectivity index (χ1) is 19.7. The van der Waals surface area contributed by atoms with Crippen molar-refractivity contribution in [2.45, 2.75) is 30.9 Å². The average molecular weight is 577 g/mol. The first-order valence-electron chi connectivity index (χ1n) is 13.1. The molecule has 6 rings (SSSR count). The van der Waals surface area contributed by atoms with E-state index in [1.165, 1.54) is 17.0 Å². The molecule has 1 unspecified atom stereocenters. The predicted molar refractivity (Wildman–Crippen MR) is 151 cm³/mol. The first kappa shape index (κ1) is 26.6. The molecule has 0 bridgehead atoms. The highest BCUT2D eigenvalue weighted by Crippen LogP contribution is 2.45. The topological polar surface area (TPSA) is 142 Å². The zero-order chi connectivity index (χ0) is 28.7. The molecule has 4 aromatic rings. The minimum atomic E-state index is -1.42. The smallest absolute Gasteiger partial charge is 0.412 e. The number of nitrogens with two attached hydrogens (primary N) is 1. The number of hydrogen-bond donors (Lipinski definition) is 4. The van der Waals surface area contributed by atoms with Crippen LogP contribution < -0.4 is 16.4 Å². The van der Waals surface area contributed by atoms with Crippen LogP contribution in [0, 0.1) is 5.82 Å². The highest BCUT2D eigenvalue weighted by Gasteiger charge is 2.49. The van der Waals surface area contributed by atoms with Gasteiger partial charge in [0.05, 0.1) is 28.3 Å². The van der Waals surface area contributed by atoms with Gasteiger partial charge in [-0.05, 0) is 48.7 Å². The molecule has 1 saturated heterocycles. The van der Waals surface area contributed by atoms with Gasteiger partial charge in [0.25, 0.3) is 5.91 Å². The highest BCUT2D eigenvalue weighted by molar-refractivity contribution is 6.31. The zero-order valence-electron chi connectivity index (χ0n) is 21.7. The summed E-state index contributed by atoms with van der Waals surface area (Å²) in [5.74, 6) is -1.23. The van der Waals surface area contributed by atoms with Crippen LogP contribution in [-0.2, 0) is 21.6 Å². The van der Waals surface area contributed by atoms with Crippen LogP contribution in [0.5, 0.6) is 0 Å². The van der Waals surface area contributed by atoms with Crippen LogP contribution in [-0.4, -0.2) is 52.1 Å². The molecule has 3 aromatic carbocycles. The summed E-state index contributed by atoms with van der Waals surface area (Å²) in [5.41, 5.74) is 6.53. The van der Waals surface area contributed by atoms with Gasteiger partial charge in [0.15, 0.2) is 17.2 Å². The van der Waals surface area contributed by atoms with Gasteiger partial charge in [-0.25, -0.2) is 9.18 Å². The van der Waals surface area contributed by atoms with E-state index in [2.05, 4.69) is 20.8 Å². The van der Waals surface area contributed by atoms with Crippen molar-refractivity contribution in [1.82, 2.24) is 20.4 Å². The number of nitrogens with zero attached hydrogens (tertiary/aromatic N) is 2. The number of hydrogen-bond acceptors (Lipinski definition) is 6. The van der Waals surface area contributed by atoms with Crippen molar-refractivity contribution in [3.63, 3.8) is 0 Å². The molecule has 2 aliphatic heterocycles. The molecule has 10 nitrogen and oxygen atoms in total. The van der Waals surface area contributed by atoms with E-state index >= 15 is 4.39 Å². The van der Waals surface area contributed by atoms with Crippen molar-refractivity contribution in [3.05, 3.63) is 88.2 Å². The lowest BCUT2D eigenvalue weighted by Gasteiger charge is -2.45. The third-order valence-electron chi connectivity index (χ3n) is 7.58. The fourth-order valence-electron chi connectivity index (χ4n) is 5.66. The summed E-state index contributed by atoms with van der Waals surface area (Å²) >= 11 is 6.09. The molecule has 1 aromatic heterocycles. The summed E-state index contributed by atoms with van der Waals surface area (Å²) in [6.45, 7) is 0.244. The summed E-state index contributed by atoms with van der Waals surface area (Å²) in [6.07, 6.45) is 0.218. The lowest BCUT2D eigenvalue weighted by Crippen LogP contribution is -2.57. The number of fused-ring (bicyclic) bond motifs is 3. The average Bonchev–Trinajstić information content (AvgIpc) is 3.34.